The number of hydrogen-bond acceptors (Lipinski definition) is 2. The Kier molecular flexibility index (Phi) is 5.57. The lowest BCUT2D eigenvalue weighted by Gasteiger charge is -2.09. The quantitative estimate of drug-likeness (QED) is 0.200. The minimum absolute atomic E-state index is 0.343. The van der Waals surface area contributed by atoms with Crippen molar-refractivity contribution in [3.05, 3.63) is 138 Å². The average molecular weight is 563 g/mol. The van der Waals surface area contributed by atoms with Crippen molar-refractivity contribution in [1.82, 2.24) is 0 Å². The topological polar surface area (TPSA) is 40.8 Å². The Morgan fingerprint density at radius 3 is 2.02 bits per heavy atom. The van der Waals surface area contributed by atoms with Crippen LogP contribution in [0.15, 0.2) is 120 Å². The van der Waals surface area contributed by atoms with Crippen LogP contribution in [0.25, 0.3) is 66.6 Å². The van der Waals surface area contributed by atoms with Crippen LogP contribution < -0.4 is 4.57 Å². The zero-order chi connectivity index (χ0) is 32.2. The zero-order valence-electron chi connectivity index (χ0n) is 26.7. The first kappa shape index (κ1) is 23.1. The Morgan fingerprint density at radius 1 is 0.698 bits per heavy atom. The molecular weight excluding hydrogens is 531 g/mol. The van der Waals surface area contributed by atoms with Crippen molar-refractivity contribution in [1.29, 1.82) is 5.26 Å². The third kappa shape index (κ3) is 4.47. The summed E-state index contributed by atoms with van der Waals surface area (Å²) in [6.07, 6.45) is 1.31. The highest BCUT2D eigenvalue weighted by atomic mass is 19.1. The van der Waals surface area contributed by atoms with Gasteiger partial charge in [-0.2, -0.15) is 5.26 Å². The van der Waals surface area contributed by atoms with E-state index in [4.69, 9.17) is 8.53 Å². The fourth-order valence-corrected chi connectivity index (χ4v) is 5.91. The molecule has 43 heavy (non-hydrogen) atoms. The lowest BCUT2D eigenvalue weighted by atomic mass is 9.94. The van der Waals surface area contributed by atoms with Crippen molar-refractivity contribution in [2.45, 2.75) is 13.8 Å². The van der Waals surface area contributed by atoms with Crippen LogP contribution >= 0.6 is 0 Å². The molecule has 2 aromatic heterocycles. The molecule has 3 nitrogen and oxygen atoms in total. The molecule has 0 fully saturated rings. The number of nitriles is 1. The standard InChI is InChI=1S/C39H28FN2O/c1-24-12-18-32-33-19-17-31(22-41)37(39(33)43-38(32)36(24)35-21-34(40)25(2)23-42(35)3)28-15-13-27(14-16-28)30-11-7-10-29(20-30)26-8-5-4-6-9-26/h4-21,23H,1-3H3/q+1/i2D3. The van der Waals surface area contributed by atoms with Gasteiger partial charge in [0.05, 0.1) is 17.2 Å². The molecule has 7 rings (SSSR count). The first-order chi connectivity index (χ1) is 22.1. The van der Waals surface area contributed by atoms with Crippen LogP contribution in [-0.4, -0.2) is 0 Å². The molecule has 0 N–H and O–H groups in total. The SMILES string of the molecule is [2H]C([2H])([2H])c1c[n+](C)c(-c2c(C)ccc3c2oc2c(-c4ccc(-c5cccc(-c6ccccc6)c5)cc4)c(C#N)ccc23)cc1F. The summed E-state index contributed by atoms with van der Waals surface area (Å²) in [5.74, 6) is -0.803. The van der Waals surface area contributed by atoms with Crippen molar-refractivity contribution in [2.24, 2.45) is 7.05 Å². The first-order valence-corrected chi connectivity index (χ1v) is 14.0. The molecule has 0 saturated heterocycles. The van der Waals surface area contributed by atoms with Crippen LogP contribution in [0.5, 0.6) is 0 Å². The second-order valence-corrected chi connectivity index (χ2v) is 10.8. The van der Waals surface area contributed by atoms with Crippen LogP contribution in [0.1, 0.15) is 20.8 Å². The van der Waals surface area contributed by atoms with Crippen LogP contribution in [0, 0.1) is 30.9 Å². The van der Waals surface area contributed by atoms with Crippen molar-refractivity contribution in [3.63, 3.8) is 0 Å². The van der Waals surface area contributed by atoms with Gasteiger partial charge in [-0.05, 0) is 65.4 Å². The zero-order valence-corrected chi connectivity index (χ0v) is 23.7. The third-order valence-corrected chi connectivity index (χ3v) is 8.09. The lowest BCUT2D eigenvalue weighted by Crippen LogP contribution is -2.31. The number of furan rings is 1. The number of aromatic nitrogens is 1. The Hall–Kier alpha value is -5.53. The van der Waals surface area contributed by atoms with Gasteiger partial charge in [-0.3, -0.25) is 0 Å². The third-order valence-electron chi connectivity index (χ3n) is 8.09. The molecule has 206 valence electrons. The molecule has 0 spiro atoms. The molecule has 0 aliphatic heterocycles. The smallest absolute Gasteiger partial charge is 0.219 e. The van der Waals surface area contributed by atoms with E-state index in [0.717, 1.165) is 44.2 Å². The van der Waals surface area contributed by atoms with E-state index < -0.39 is 12.7 Å². The van der Waals surface area contributed by atoms with Gasteiger partial charge in [0.25, 0.3) is 0 Å². The largest absolute Gasteiger partial charge is 0.454 e. The van der Waals surface area contributed by atoms with E-state index in [2.05, 4.69) is 42.5 Å². The fraction of sp³-hybridized carbons (Fsp3) is 0.0769. The van der Waals surface area contributed by atoms with Gasteiger partial charge in [-0.1, -0.05) is 84.9 Å². The monoisotopic (exact) mass is 562 g/mol. The molecule has 0 bridgehead atoms. The highest BCUT2D eigenvalue weighted by Gasteiger charge is 2.24. The van der Waals surface area contributed by atoms with E-state index in [-0.39, 0.29) is 5.56 Å². The van der Waals surface area contributed by atoms with E-state index in [1.807, 2.05) is 67.6 Å². The minimum Gasteiger partial charge on any atom is -0.454 e. The van der Waals surface area contributed by atoms with Crippen molar-refractivity contribution in [2.75, 3.05) is 0 Å². The number of benzene rings is 5. The number of halogens is 1. The highest BCUT2D eigenvalue weighted by Crippen LogP contribution is 2.42. The summed E-state index contributed by atoms with van der Waals surface area (Å²) in [5, 5.41) is 11.8. The Morgan fingerprint density at radius 2 is 1.33 bits per heavy atom. The normalized spacial score (nSPS) is 12.6. The number of rotatable bonds is 4. The number of nitrogens with zero attached hydrogens (tertiary/aromatic N) is 2. The Balaban J connectivity index is 1.37. The second kappa shape index (κ2) is 10.4. The predicted molar refractivity (Wildman–Crippen MR) is 171 cm³/mol. The Bertz CT molecular complexity index is 2330. The molecule has 0 saturated carbocycles. The van der Waals surface area contributed by atoms with E-state index in [1.165, 1.54) is 12.3 Å². The summed E-state index contributed by atoms with van der Waals surface area (Å²) in [5.41, 5.74) is 9.13. The lowest BCUT2D eigenvalue weighted by molar-refractivity contribution is -0.661. The molecule has 0 radical (unpaired) electrons. The van der Waals surface area contributed by atoms with Gasteiger partial charge in [-0.25, -0.2) is 8.96 Å². The van der Waals surface area contributed by atoms with E-state index in [9.17, 15) is 5.26 Å². The van der Waals surface area contributed by atoms with Gasteiger partial charge >= 0.3 is 0 Å². The number of fused-ring (bicyclic) bond motifs is 3. The van der Waals surface area contributed by atoms with Crippen LogP contribution in [0.4, 0.5) is 4.39 Å². The number of aryl methyl sites for hydroxylation is 3. The van der Waals surface area contributed by atoms with Crippen molar-refractivity contribution >= 4 is 21.9 Å². The van der Waals surface area contributed by atoms with E-state index >= 15 is 4.39 Å². The summed E-state index contributed by atoms with van der Waals surface area (Å²) in [6, 6.07) is 37.9. The molecule has 7 aromatic rings. The van der Waals surface area contributed by atoms with E-state index in [1.54, 1.807) is 17.7 Å². The molecule has 0 atom stereocenters. The van der Waals surface area contributed by atoms with Crippen molar-refractivity contribution < 1.29 is 17.5 Å². The molecular formula is C39H28FN2O+. The van der Waals surface area contributed by atoms with Crippen LogP contribution in [-0.2, 0) is 7.05 Å². The Labute approximate surface area is 253 Å². The van der Waals surface area contributed by atoms with E-state index in [0.29, 0.717) is 33.6 Å². The van der Waals surface area contributed by atoms with Gasteiger partial charge in [0.2, 0.25) is 5.69 Å². The van der Waals surface area contributed by atoms with Crippen LogP contribution in [0.2, 0.25) is 0 Å². The highest BCUT2D eigenvalue weighted by molar-refractivity contribution is 6.14. The van der Waals surface area contributed by atoms with Gasteiger partial charge < -0.3 is 4.42 Å². The predicted octanol–water partition coefficient (Wildman–Crippen LogP) is 9.71. The van der Waals surface area contributed by atoms with Crippen LogP contribution in [0.3, 0.4) is 0 Å². The minimum atomic E-state index is -2.58. The summed E-state index contributed by atoms with van der Waals surface area (Å²) in [4.78, 5) is 0. The maximum Gasteiger partial charge on any atom is 0.219 e. The average Bonchev–Trinajstić information content (AvgIpc) is 3.44. The number of hydrogen-bond donors (Lipinski definition) is 0. The molecule has 5 aromatic carbocycles. The van der Waals surface area contributed by atoms with Gasteiger partial charge in [0.1, 0.15) is 24.0 Å². The summed E-state index contributed by atoms with van der Waals surface area (Å²) >= 11 is 0. The second-order valence-electron chi connectivity index (χ2n) is 10.8. The number of pyridine rings is 1. The first-order valence-electron chi connectivity index (χ1n) is 15.5. The van der Waals surface area contributed by atoms with Gasteiger partial charge in [0, 0.05) is 32.1 Å². The molecule has 4 heteroatoms. The maximum atomic E-state index is 15.2. The molecule has 0 amide bonds. The summed E-state index contributed by atoms with van der Waals surface area (Å²) in [7, 11) is 1.70. The van der Waals surface area contributed by atoms with Gasteiger partial charge in [0.15, 0.2) is 6.20 Å². The summed E-state index contributed by atoms with van der Waals surface area (Å²) < 4.78 is 46.5. The molecule has 0 aliphatic carbocycles. The van der Waals surface area contributed by atoms with Crippen molar-refractivity contribution in [3.8, 4) is 50.7 Å². The molecule has 0 unspecified atom stereocenters. The summed E-state index contributed by atoms with van der Waals surface area (Å²) in [6.45, 7) is -0.672. The molecule has 0 aliphatic rings. The maximum absolute atomic E-state index is 15.2. The molecule has 2 heterocycles. The fourth-order valence-electron chi connectivity index (χ4n) is 5.91. The van der Waals surface area contributed by atoms with Gasteiger partial charge in [-0.15, -0.1) is 0 Å².